The second kappa shape index (κ2) is 7.74. The molecule has 0 saturated heterocycles. The standard InChI is InChI=1S/C22H17ClF3N3OS/c1-11-5-8-18(31-11)19-13(10-27)21(28)29(16-3-2-4-17(30)20(16)19)15-7-6-12(23)9-14(15)22(24,25)26/h5-9,19H,2-4,28H2,1H3/t19-/m0/s1. The molecule has 0 saturated carbocycles. The zero-order valence-corrected chi connectivity index (χ0v) is 18.0. The van der Waals surface area contributed by atoms with Crippen LogP contribution in [0.4, 0.5) is 18.9 Å². The topological polar surface area (TPSA) is 70.1 Å². The van der Waals surface area contributed by atoms with E-state index in [9.17, 15) is 23.2 Å². The van der Waals surface area contributed by atoms with E-state index in [-0.39, 0.29) is 34.3 Å². The number of nitriles is 1. The SMILES string of the molecule is Cc1ccc([C@@H]2C(C#N)=C(N)N(c3ccc(Cl)cc3C(F)(F)F)C3=C2C(=O)CCC3)s1. The summed E-state index contributed by atoms with van der Waals surface area (Å²) in [6.07, 6.45) is -3.55. The van der Waals surface area contributed by atoms with Gasteiger partial charge >= 0.3 is 6.18 Å². The van der Waals surface area contributed by atoms with Gasteiger partial charge in [-0.1, -0.05) is 11.6 Å². The van der Waals surface area contributed by atoms with E-state index in [1.807, 2.05) is 19.1 Å². The number of carbonyl (C=O) groups excluding carboxylic acids is 1. The molecule has 2 N–H and O–H groups in total. The number of hydrogen-bond acceptors (Lipinski definition) is 5. The average molecular weight is 464 g/mol. The lowest BCUT2D eigenvalue weighted by atomic mass is 9.78. The molecule has 1 aromatic heterocycles. The first-order valence-corrected chi connectivity index (χ1v) is 10.7. The Labute approximate surface area is 186 Å². The number of rotatable bonds is 2. The maximum absolute atomic E-state index is 13.8. The van der Waals surface area contributed by atoms with Crippen LogP contribution in [0.2, 0.25) is 5.02 Å². The van der Waals surface area contributed by atoms with Crippen molar-refractivity contribution in [2.45, 2.75) is 38.3 Å². The van der Waals surface area contributed by atoms with E-state index in [1.165, 1.54) is 28.4 Å². The number of benzene rings is 1. The molecule has 1 atom stereocenters. The lowest BCUT2D eigenvalue weighted by Gasteiger charge is -2.40. The fourth-order valence-electron chi connectivity index (χ4n) is 4.18. The van der Waals surface area contributed by atoms with Crippen molar-refractivity contribution in [3.05, 3.63) is 73.3 Å². The van der Waals surface area contributed by atoms with Crippen LogP contribution in [0.3, 0.4) is 0 Å². The van der Waals surface area contributed by atoms with Crippen molar-refractivity contribution in [3.63, 3.8) is 0 Å². The van der Waals surface area contributed by atoms with Gasteiger partial charge in [0, 0.05) is 32.5 Å². The Bertz CT molecular complexity index is 1190. The highest BCUT2D eigenvalue weighted by atomic mass is 35.5. The Balaban J connectivity index is 2.02. The number of hydrogen-bond donors (Lipinski definition) is 1. The van der Waals surface area contributed by atoms with Gasteiger partial charge in [-0.3, -0.25) is 9.69 Å². The number of Topliss-reactive ketones (excluding diaryl/α,β-unsaturated/α-hetero) is 1. The molecule has 9 heteroatoms. The summed E-state index contributed by atoms with van der Waals surface area (Å²) in [5, 5.41) is 9.86. The van der Waals surface area contributed by atoms with Crippen LogP contribution in [-0.2, 0) is 11.0 Å². The van der Waals surface area contributed by atoms with E-state index in [2.05, 4.69) is 6.07 Å². The quantitative estimate of drug-likeness (QED) is 0.590. The largest absolute Gasteiger partial charge is 0.418 e. The van der Waals surface area contributed by atoms with E-state index in [4.69, 9.17) is 17.3 Å². The summed E-state index contributed by atoms with van der Waals surface area (Å²) in [6.45, 7) is 1.91. The summed E-state index contributed by atoms with van der Waals surface area (Å²) in [4.78, 5) is 16.0. The van der Waals surface area contributed by atoms with E-state index in [0.717, 1.165) is 15.8 Å². The monoisotopic (exact) mass is 463 g/mol. The minimum absolute atomic E-state index is 0.0684. The molecule has 1 aliphatic carbocycles. The number of anilines is 1. The first-order chi connectivity index (χ1) is 14.6. The van der Waals surface area contributed by atoms with Gasteiger partial charge in [0.2, 0.25) is 0 Å². The van der Waals surface area contributed by atoms with E-state index < -0.39 is 17.7 Å². The van der Waals surface area contributed by atoms with Crippen molar-refractivity contribution in [3.8, 4) is 6.07 Å². The van der Waals surface area contributed by atoms with Crippen LogP contribution in [0, 0.1) is 18.3 Å². The molecule has 31 heavy (non-hydrogen) atoms. The maximum atomic E-state index is 13.8. The molecule has 0 amide bonds. The number of nitrogens with two attached hydrogens (primary N) is 1. The number of ketones is 1. The third-order valence-corrected chi connectivity index (χ3v) is 6.76. The lowest BCUT2D eigenvalue weighted by molar-refractivity contribution is -0.137. The van der Waals surface area contributed by atoms with Crippen LogP contribution >= 0.6 is 22.9 Å². The van der Waals surface area contributed by atoms with Crippen molar-refractivity contribution >= 4 is 34.4 Å². The Morgan fingerprint density at radius 2 is 2.00 bits per heavy atom. The van der Waals surface area contributed by atoms with Gasteiger partial charge in [-0.25, -0.2) is 0 Å². The van der Waals surface area contributed by atoms with Crippen molar-refractivity contribution in [1.29, 1.82) is 5.26 Å². The number of thiophene rings is 1. The highest BCUT2D eigenvalue weighted by Crippen LogP contribution is 2.49. The van der Waals surface area contributed by atoms with Crippen LogP contribution in [0.25, 0.3) is 0 Å². The fourth-order valence-corrected chi connectivity index (χ4v) is 5.35. The first kappa shape index (κ1) is 21.5. The van der Waals surface area contributed by atoms with Crippen molar-refractivity contribution < 1.29 is 18.0 Å². The van der Waals surface area contributed by atoms with Gasteiger partial charge in [0.25, 0.3) is 0 Å². The Kier molecular flexibility index (Phi) is 5.36. The molecule has 0 fully saturated rings. The number of aryl methyl sites for hydroxylation is 1. The van der Waals surface area contributed by atoms with Crippen molar-refractivity contribution in [1.82, 2.24) is 0 Å². The Hall–Kier alpha value is -2.76. The normalized spacial score (nSPS) is 19.5. The average Bonchev–Trinajstić information content (AvgIpc) is 3.13. The molecular formula is C22H17ClF3N3OS. The molecule has 0 unspecified atom stereocenters. The Morgan fingerprint density at radius 1 is 1.26 bits per heavy atom. The van der Waals surface area contributed by atoms with Gasteiger partial charge in [0.1, 0.15) is 5.82 Å². The molecule has 160 valence electrons. The number of halogens is 4. The van der Waals surface area contributed by atoms with Crippen LogP contribution in [0.15, 0.2) is 53.0 Å². The van der Waals surface area contributed by atoms with Gasteiger partial charge in [0.15, 0.2) is 5.78 Å². The van der Waals surface area contributed by atoms with Crippen LogP contribution < -0.4 is 10.6 Å². The molecule has 0 spiro atoms. The summed E-state index contributed by atoms with van der Waals surface area (Å²) in [6, 6.07) is 9.17. The zero-order valence-electron chi connectivity index (χ0n) is 16.4. The third-order valence-electron chi connectivity index (χ3n) is 5.46. The van der Waals surface area contributed by atoms with Gasteiger partial charge in [-0.2, -0.15) is 18.4 Å². The predicted molar refractivity (Wildman–Crippen MR) is 113 cm³/mol. The molecule has 0 bridgehead atoms. The summed E-state index contributed by atoms with van der Waals surface area (Å²) < 4.78 is 41.5. The second-order valence-electron chi connectivity index (χ2n) is 7.42. The second-order valence-corrected chi connectivity index (χ2v) is 9.18. The minimum Gasteiger partial charge on any atom is -0.384 e. The number of carbonyl (C=O) groups is 1. The predicted octanol–water partition coefficient (Wildman–Crippen LogP) is 6.03. The van der Waals surface area contributed by atoms with Crippen molar-refractivity contribution in [2.24, 2.45) is 5.73 Å². The molecular weight excluding hydrogens is 447 g/mol. The number of allylic oxidation sites excluding steroid dienone is 3. The summed E-state index contributed by atoms with van der Waals surface area (Å²) in [7, 11) is 0. The van der Waals surface area contributed by atoms with Crippen LogP contribution in [0.5, 0.6) is 0 Å². The van der Waals surface area contributed by atoms with Gasteiger partial charge < -0.3 is 5.73 Å². The number of nitrogens with zero attached hydrogens (tertiary/aromatic N) is 2. The molecule has 0 radical (unpaired) electrons. The van der Waals surface area contributed by atoms with E-state index in [1.54, 1.807) is 0 Å². The number of alkyl halides is 3. The highest BCUT2D eigenvalue weighted by Gasteiger charge is 2.43. The van der Waals surface area contributed by atoms with Crippen LogP contribution in [-0.4, -0.2) is 5.78 Å². The lowest BCUT2D eigenvalue weighted by Crippen LogP contribution is -2.39. The zero-order chi connectivity index (χ0) is 22.5. The molecule has 2 aliphatic rings. The van der Waals surface area contributed by atoms with E-state index in [0.29, 0.717) is 24.1 Å². The molecule has 2 aromatic rings. The fraction of sp³-hybridized carbons (Fsp3) is 0.273. The van der Waals surface area contributed by atoms with Gasteiger partial charge in [0.05, 0.1) is 28.8 Å². The van der Waals surface area contributed by atoms with Gasteiger partial charge in [-0.15, -0.1) is 11.3 Å². The highest BCUT2D eigenvalue weighted by molar-refractivity contribution is 7.12. The van der Waals surface area contributed by atoms with Crippen molar-refractivity contribution in [2.75, 3.05) is 4.90 Å². The first-order valence-electron chi connectivity index (χ1n) is 9.52. The smallest absolute Gasteiger partial charge is 0.384 e. The Morgan fingerprint density at radius 3 is 2.61 bits per heavy atom. The maximum Gasteiger partial charge on any atom is 0.418 e. The third kappa shape index (κ3) is 3.62. The minimum atomic E-state index is -4.70. The van der Waals surface area contributed by atoms with Gasteiger partial charge in [-0.05, 0) is 50.1 Å². The molecule has 4 rings (SSSR count). The van der Waals surface area contributed by atoms with E-state index >= 15 is 0 Å². The molecule has 1 aromatic carbocycles. The molecule has 2 heterocycles. The molecule has 1 aliphatic heterocycles. The van der Waals surface area contributed by atoms with Crippen LogP contribution in [0.1, 0.15) is 40.5 Å². The summed E-state index contributed by atoms with van der Waals surface area (Å²) in [5.74, 6) is -0.950. The summed E-state index contributed by atoms with van der Waals surface area (Å²) in [5.41, 5.74) is 5.95. The molecule has 4 nitrogen and oxygen atoms in total. The summed E-state index contributed by atoms with van der Waals surface area (Å²) >= 11 is 7.28.